The van der Waals surface area contributed by atoms with Crippen molar-refractivity contribution in [3.8, 4) is 0 Å². The molecule has 4 saturated heterocycles. The monoisotopic (exact) mass is 1190 g/mol. The molecule has 484 valence electrons. The lowest BCUT2D eigenvalue weighted by Crippen LogP contribution is -2.70. The molecule has 5 N–H and O–H groups in total. The van der Waals surface area contributed by atoms with Crippen molar-refractivity contribution in [3.63, 3.8) is 0 Å². The Morgan fingerprint density at radius 3 is 0.929 bits per heavy atom. The van der Waals surface area contributed by atoms with Gasteiger partial charge in [0.2, 0.25) is 53.3 Å². The van der Waals surface area contributed by atoms with Crippen molar-refractivity contribution in [1.29, 1.82) is 0 Å². The second-order valence-electron chi connectivity index (χ2n) is 30.9. The van der Waals surface area contributed by atoms with Crippen LogP contribution in [0.5, 0.6) is 0 Å². The van der Waals surface area contributed by atoms with Gasteiger partial charge in [-0.15, -0.1) is 0 Å². The van der Waals surface area contributed by atoms with Gasteiger partial charge in [0, 0.05) is 146 Å². The number of aromatic nitrogens is 3. The Labute approximate surface area is 512 Å². The molecule has 0 aliphatic carbocycles. The predicted octanol–water partition coefficient (Wildman–Crippen LogP) is 5.47. The summed E-state index contributed by atoms with van der Waals surface area (Å²) in [6, 6.07) is 0. The zero-order valence-corrected chi connectivity index (χ0v) is 56.8. The highest BCUT2D eigenvalue weighted by atomic mass is 16.2. The van der Waals surface area contributed by atoms with Gasteiger partial charge in [-0.1, -0.05) is 25.7 Å². The molecule has 5 heterocycles. The fraction of sp³-hybridized carbons (Fsp3) is 0.857. The molecule has 22 heteroatoms. The highest BCUT2D eigenvalue weighted by Crippen LogP contribution is 2.28. The molecule has 6 amide bonds. The summed E-state index contributed by atoms with van der Waals surface area (Å²) >= 11 is 0. The van der Waals surface area contributed by atoms with Crippen LogP contribution in [-0.4, -0.2) is 234 Å². The highest BCUT2D eigenvalue weighted by Gasteiger charge is 2.47. The summed E-state index contributed by atoms with van der Waals surface area (Å²) in [6.45, 7) is 50.2. The number of hydrogen-bond donors (Lipinski definition) is 5. The van der Waals surface area contributed by atoms with Gasteiger partial charge in [0.1, 0.15) is 0 Å². The van der Waals surface area contributed by atoms with Gasteiger partial charge in [-0.3, -0.25) is 50.0 Å². The van der Waals surface area contributed by atoms with Gasteiger partial charge in [0.25, 0.3) is 0 Å². The molecule has 0 radical (unpaired) electrons. The number of nitrogens with zero attached hydrogens (tertiary/aromatic N) is 11. The fourth-order valence-electron chi connectivity index (χ4n) is 13.6. The van der Waals surface area contributed by atoms with Crippen molar-refractivity contribution < 1.29 is 28.8 Å². The molecule has 0 aromatic carbocycles. The zero-order valence-electron chi connectivity index (χ0n) is 56.8. The summed E-state index contributed by atoms with van der Waals surface area (Å²) in [5.74, 6) is 1.58. The molecular weight excluding hydrogens is 1080 g/mol. The van der Waals surface area contributed by atoms with E-state index in [0.29, 0.717) is 123 Å². The van der Waals surface area contributed by atoms with Crippen LogP contribution in [0.25, 0.3) is 0 Å². The van der Waals surface area contributed by atoms with Crippen molar-refractivity contribution in [2.24, 2.45) is 0 Å². The van der Waals surface area contributed by atoms with Gasteiger partial charge in [-0.25, -0.2) is 0 Å². The molecule has 0 unspecified atom stereocenters. The Morgan fingerprint density at radius 1 is 0.412 bits per heavy atom. The number of carbonyl (C=O) groups excluding carboxylic acids is 6. The molecule has 0 bridgehead atoms. The Morgan fingerprint density at radius 2 is 0.671 bits per heavy atom. The number of piperazine rings is 4. The van der Waals surface area contributed by atoms with Crippen LogP contribution in [0, 0.1) is 0 Å². The second-order valence-corrected chi connectivity index (χ2v) is 30.9. The maximum Gasteiger partial charge on any atom is 0.242 e. The van der Waals surface area contributed by atoms with Crippen molar-refractivity contribution in [2.75, 3.05) is 120 Å². The largest absolute Gasteiger partial charge is 0.349 e. The number of nitrogens with one attached hydrogen (secondary N) is 5. The normalized spacial score (nSPS) is 21.2. The molecule has 5 rings (SSSR count). The predicted molar refractivity (Wildman–Crippen MR) is 341 cm³/mol. The highest BCUT2D eigenvalue weighted by molar-refractivity contribution is 5.88. The van der Waals surface area contributed by atoms with E-state index in [2.05, 4.69) is 113 Å². The van der Waals surface area contributed by atoms with E-state index in [4.69, 9.17) is 15.0 Å². The van der Waals surface area contributed by atoms with E-state index >= 15 is 0 Å². The maximum atomic E-state index is 14.0. The minimum atomic E-state index is -0.746. The standard InChI is InChI=1S/C63H116N16O6/c1-46(80)72(34-38-76-42-56(6,7)68-60(14,15)48(76)82)30-26-22-24-28-32-74(36-40-78-44-58(10,11)70-62(18,19)50(78)84)53-64-52(67-55(3,4)5)65-54(66-53)75(37-41-79-45-59(12,13)71-63(20,21)51(79)85)33-29-25-23-27-31-73(47(2)81)35-39-77-43-57(8,9)69-61(16,17)49(77)83/h68-71H,22-45H2,1-21H3,(H,64,65,66,67). The molecule has 1 aromatic rings. The smallest absolute Gasteiger partial charge is 0.242 e. The van der Waals surface area contributed by atoms with Gasteiger partial charge in [0.05, 0.1) is 22.2 Å². The van der Waals surface area contributed by atoms with Crippen molar-refractivity contribution in [1.82, 2.24) is 65.6 Å². The Bertz CT molecular complexity index is 2330. The van der Waals surface area contributed by atoms with E-state index in [1.807, 2.05) is 84.8 Å². The van der Waals surface area contributed by atoms with Gasteiger partial charge < -0.3 is 44.5 Å². The third-order valence-corrected chi connectivity index (χ3v) is 16.6. The molecule has 22 nitrogen and oxygen atoms in total. The van der Waals surface area contributed by atoms with Crippen molar-refractivity contribution in [3.05, 3.63) is 0 Å². The topological polar surface area (TPSA) is 227 Å². The van der Waals surface area contributed by atoms with Crippen molar-refractivity contribution >= 4 is 53.3 Å². The van der Waals surface area contributed by atoms with Crippen molar-refractivity contribution in [2.45, 2.75) is 247 Å². The molecular formula is C63H116N16O6. The van der Waals surface area contributed by atoms with Crippen LogP contribution in [-0.2, 0) is 28.8 Å². The van der Waals surface area contributed by atoms with Crippen LogP contribution in [0.15, 0.2) is 0 Å². The van der Waals surface area contributed by atoms with Crippen LogP contribution in [0.4, 0.5) is 17.8 Å². The fourth-order valence-corrected chi connectivity index (χ4v) is 13.6. The van der Waals surface area contributed by atoms with Crippen LogP contribution in [0.3, 0.4) is 0 Å². The second kappa shape index (κ2) is 27.6. The molecule has 85 heavy (non-hydrogen) atoms. The van der Waals surface area contributed by atoms with Crippen LogP contribution < -0.4 is 36.4 Å². The van der Waals surface area contributed by atoms with Gasteiger partial charge in [-0.2, -0.15) is 15.0 Å². The first-order chi connectivity index (χ1) is 38.9. The van der Waals surface area contributed by atoms with E-state index in [0.717, 1.165) is 51.4 Å². The molecule has 0 atom stereocenters. The number of amides is 6. The Hall–Kier alpha value is -4.93. The van der Waals surface area contributed by atoms with E-state index in [9.17, 15) is 28.8 Å². The number of unbranched alkanes of at least 4 members (excludes halogenated alkanes) is 6. The minimum Gasteiger partial charge on any atom is -0.349 e. The lowest BCUT2D eigenvalue weighted by Gasteiger charge is -2.47. The zero-order chi connectivity index (χ0) is 63.9. The molecule has 4 aliphatic rings. The van der Waals surface area contributed by atoms with Gasteiger partial charge in [-0.05, 0) is 157 Å². The lowest BCUT2D eigenvalue weighted by molar-refractivity contribution is -0.145. The molecule has 4 aliphatic heterocycles. The van der Waals surface area contributed by atoms with Crippen LogP contribution in [0.2, 0.25) is 0 Å². The summed E-state index contributed by atoms with van der Waals surface area (Å²) in [5, 5.41) is 17.5. The third-order valence-electron chi connectivity index (χ3n) is 16.6. The van der Waals surface area contributed by atoms with Crippen LogP contribution in [0.1, 0.15) is 197 Å². The van der Waals surface area contributed by atoms with Gasteiger partial charge >= 0.3 is 0 Å². The molecule has 0 spiro atoms. The maximum absolute atomic E-state index is 14.0. The first-order valence-electron chi connectivity index (χ1n) is 31.8. The number of rotatable bonds is 29. The molecule has 4 fully saturated rings. The van der Waals surface area contributed by atoms with Crippen LogP contribution >= 0.6 is 0 Å². The quantitative estimate of drug-likeness (QED) is 0.0627. The summed E-state index contributed by atoms with van der Waals surface area (Å²) in [6.07, 6.45) is 6.77. The molecule has 0 saturated carbocycles. The minimum absolute atomic E-state index is 0.00449. The molecule has 1 aromatic heterocycles. The average Bonchev–Trinajstić information content (AvgIpc) is 1.50. The Kier molecular flexibility index (Phi) is 23.0. The summed E-state index contributed by atoms with van der Waals surface area (Å²) in [7, 11) is 0. The summed E-state index contributed by atoms with van der Waals surface area (Å²) in [5.41, 5.74) is -4.36. The third kappa shape index (κ3) is 20.9. The van der Waals surface area contributed by atoms with E-state index in [1.54, 1.807) is 13.8 Å². The van der Waals surface area contributed by atoms with E-state index in [1.165, 1.54) is 0 Å². The van der Waals surface area contributed by atoms with E-state index < -0.39 is 27.7 Å². The lowest BCUT2D eigenvalue weighted by atomic mass is 9.90. The first kappa shape index (κ1) is 70.8. The first-order valence-corrected chi connectivity index (χ1v) is 31.8. The number of hydrogen-bond acceptors (Lipinski definition) is 16. The average molecular weight is 1190 g/mol. The van der Waals surface area contributed by atoms with Gasteiger partial charge in [0.15, 0.2) is 0 Å². The van der Waals surface area contributed by atoms with E-state index in [-0.39, 0.29) is 57.6 Å². The Balaban J connectivity index is 1.37. The SMILES string of the molecule is CC(=O)N(CCCCCCN(CCN1CC(C)(C)NC(C)(C)C1=O)c1nc(NC(C)(C)C)nc(N(CCCCCCN(CCN2CC(C)(C)NC(C)(C)C2=O)C(C)=O)CCN2CC(C)(C)NC(C)(C)C2=O)n1)CCN1CC(C)(C)NC(C)(C)C1=O. The summed E-state index contributed by atoms with van der Waals surface area (Å²) in [4.78, 5) is 112. The number of carbonyl (C=O) groups is 6. The summed E-state index contributed by atoms with van der Waals surface area (Å²) < 4.78 is 0. The number of anilines is 3.